The molecule has 5 rings (SSSR count). The third-order valence-corrected chi connectivity index (χ3v) is 7.94. The van der Waals surface area contributed by atoms with Crippen molar-refractivity contribution in [2.24, 2.45) is 36.1 Å². The van der Waals surface area contributed by atoms with Crippen molar-refractivity contribution < 1.29 is 9.59 Å². The number of hydrogen-bond acceptors (Lipinski definition) is 2. The molecule has 0 saturated heterocycles. The monoisotopic (exact) mass is 427 g/mol. The molecule has 0 aliphatic heterocycles. The van der Waals surface area contributed by atoms with Crippen LogP contribution in [0.3, 0.4) is 0 Å². The van der Waals surface area contributed by atoms with E-state index in [0.29, 0.717) is 19.0 Å². The molecule has 5 heteroatoms. The Labute approximate surface area is 188 Å². The van der Waals surface area contributed by atoms with E-state index in [1.807, 2.05) is 29.1 Å². The maximum atomic E-state index is 13.9. The number of carbonyl (C=O) groups is 2. The fraction of sp³-hybridized carbons (Fsp3) is 0.769. The summed E-state index contributed by atoms with van der Waals surface area (Å²) in [5, 5.41) is 0. The number of aryl methyl sites for hydroxylation is 1. The summed E-state index contributed by atoms with van der Waals surface area (Å²) >= 11 is 0. The van der Waals surface area contributed by atoms with Gasteiger partial charge in [0.15, 0.2) is 0 Å². The van der Waals surface area contributed by atoms with Crippen LogP contribution in [0.5, 0.6) is 0 Å². The highest BCUT2D eigenvalue weighted by Gasteiger charge is 2.55. The second-order valence-electron chi connectivity index (χ2n) is 11.2. The van der Waals surface area contributed by atoms with Gasteiger partial charge in [-0.2, -0.15) is 0 Å². The lowest BCUT2D eigenvalue weighted by Gasteiger charge is -2.56. The number of nitrogens with zero attached hydrogens (tertiary/aromatic N) is 3. The minimum atomic E-state index is -0.175. The van der Waals surface area contributed by atoms with E-state index in [1.165, 1.54) is 19.3 Å². The molecule has 0 radical (unpaired) electrons. The van der Waals surface area contributed by atoms with E-state index >= 15 is 0 Å². The Morgan fingerprint density at radius 3 is 2.19 bits per heavy atom. The summed E-state index contributed by atoms with van der Waals surface area (Å²) in [4.78, 5) is 31.2. The highest BCUT2D eigenvalue weighted by molar-refractivity contribution is 5.88. The lowest BCUT2D eigenvalue weighted by molar-refractivity contribution is -0.160. The molecule has 1 aromatic heterocycles. The van der Waals surface area contributed by atoms with Crippen LogP contribution in [-0.4, -0.2) is 45.8 Å². The predicted octanol–water partition coefficient (Wildman–Crippen LogP) is 4.46. The molecule has 2 amide bonds. The van der Waals surface area contributed by atoms with Crippen LogP contribution in [0.2, 0.25) is 0 Å². The van der Waals surface area contributed by atoms with Crippen molar-refractivity contribution in [3.8, 4) is 0 Å². The first kappa shape index (κ1) is 22.4. The quantitative estimate of drug-likeness (QED) is 0.584. The second-order valence-corrected chi connectivity index (χ2v) is 11.2. The summed E-state index contributed by atoms with van der Waals surface area (Å²) < 4.78 is 2.07. The minimum absolute atomic E-state index is 0.0847. The van der Waals surface area contributed by atoms with Crippen LogP contribution in [0, 0.1) is 29.1 Å². The fourth-order valence-corrected chi connectivity index (χ4v) is 7.05. The van der Waals surface area contributed by atoms with Gasteiger partial charge in [-0.25, -0.2) is 0 Å². The van der Waals surface area contributed by atoms with E-state index in [0.717, 1.165) is 55.7 Å². The number of aromatic nitrogens is 1. The highest BCUT2D eigenvalue weighted by atomic mass is 16.2. The molecule has 172 valence electrons. The number of amides is 2. The van der Waals surface area contributed by atoms with E-state index in [9.17, 15) is 9.59 Å². The first-order chi connectivity index (χ1) is 14.8. The molecule has 4 aliphatic carbocycles. The van der Waals surface area contributed by atoms with Crippen molar-refractivity contribution in [3.63, 3.8) is 0 Å². The number of hydrogen-bond donors (Lipinski definition) is 0. The summed E-state index contributed by atoms with van der Waals surface area (Å²) in [6.45, 7) is 8.64. The average molecular weight is 428 g/mol. The topological polar surface area (TPSA) is 45.6 Å². The van der Waals surface area contributed by atoms with Gasteiger partial charge in [-0.15, -0.1) is 0 Å². The minimum Gasteiger partial charge on any atom is -0.353 e. The Morgan fingerprint density at radius 1 is 1.10 bits per heavy atom. The van der Waals surface area contributed by atoms with Crippen LogP contribution in [0.4, 0.5) is 0 Å². The summed E-state index contributed by atoms with van der Waals surface area (Å²) in [6, 6.07) is 4.10. The van der Waals surface area contributed by atoms with Crippen molar-refractivity contribution in [1.29, 1.82) is 0 Å². The lowest BCUT2D eigenvalue weighted by atomic mass is 9.49. The van der Waals surface area contributed by atoms with Gasteiger partial charge in [-0.05, 0) is 80.8 Å². The average Bonchev–Trinajstić information content (AvgIpc) is 3.09. The summed E-state index contributed by atoms with van der Waals surface area (Å²) in [5.41, 5.74) is 0.953. The van der Waals surface area contributed by atoms with Gasteiger partial charge in [0.1, 0.15) is 0 Å². The lowest BCUT2D eigenvalue weighted by Crippen LogP contribution is -2.56. The molecule has 0 unspecified atom stereocenters. The van der Waals surface area contributed by atoms with Crippen molar-refractivity contribution >= 4 is 11.8 Å². The second kappa shape index (κ2) is 8.99. The van der Waals surface area contributed by atoms with Crippen molar-refractivity contribution in [2.75, 3.05) is 19.6 Å². The molecule has 5 nitrogen and oxygen atoms in total. The van der Waals surface area contributed by atoms with Crippen LogP contribution in [0.1, 0.15) is 71.4 Å². The normalized spacial score (nSPS) is 28.9. The van der Waals surface area contributed by atoms with Crippen molar-refractivity contribution in [2.45, 2.75) is 72.3 Å². The Balaban J connectivity index is 1.49. The zero-order chi connectivity index (χ0) is 22.2. The van der Waals surface area contributed by atoms with Gasteiger partial charge in [-0.3, -0.25) is 9.59 Å². The van der Waals surface area contributed by atoms with Crippen LogP contribution in [0.25, 0.3) is 0 Å². The van der Waals surface area contributed by atoms with Crippen molar-refractivity contribution in [3.05, 3.63) is 24.0 Å². The Bertz CT molecular complexity index is 761. The third-order valence-electron chi connectivity index (χ3n) is 7.94. The fourth-order valence-electron chi connectivity index (χ4n) is 7.05. The van der Waals surface area contributed by atoms with E-state index < -0.39 is 0 Å². The maximum absolute atomic E-state index is 13.9. The summed E-state index contributed by atoms with van der Waals surface area (Å²) in [5.74, 6) is 2.98. The Kier molecular flexibility index (Phi) is 6.50. The van der Waals surface area contributed by atoms with Crippen LogP contribution < -0.4 is 0 Å². The zero-order valence-electron chi connectivity index (χ0n) is 20.0. The van der Waals surface area contributed by atoms with E-state index in [1.54, 1.807) is 0 Å². The Hall–Kier alpha value is -1.78. The van der Waals surface area contributed by atoms with Crippen LogP contribution >= 0.6 is 0 Å². The predicted molar refractivity (Wildman–Crippen MR) is 123 cm³/mol. The summed E-state index contributed by atoms with van der Waals surface area (Å²) in [7, 11) is 2.02. The van der Waals surface area contributed by atoms with Gasteiger partial charge in [0.05, 0.1) is 18.5 Å². The molecule has 31 heavy (non-hydrogen) atoms. The maximum Gasteiger partial charge on any atom is 0.242 e. The van der Waals surface area contributed by atoms with Gasteiger partial charge < -0.3 is 14.4 Å². The molecular formula is C26H41N3O2. The molecule has 4 bridgehead atoms. The van der Waals surface area contributed by atoms with Crippen LogP contribution in [-0.2, 0) is 23.2 Å². The van der Waals surface area contributed by atoms with Crippen LogP contribution in [0.15, 0.2) is 18.3 Å². The van der Waals surface area contributed by atoms with E-state index in [-0.39, 0.29) is 23.8 Å². The van der Waals surface area contributed by atoms with E-state index in [4.69, 9.17) is 0 Å². The van der Waals surface area contributed by atoms with Gasteiger partial charge in [0, 0.05) is 32.0 Å². The molecule has 0 atom stereocenters. The molecule has 1 heterocycles. The molecule has 0 spiro atoms. The SMILES string of the molecule is CCCN(CC(=O)N(Cc1cccn1C)CC(C)C)C(=O)C12CC3CC(CC(C3)C1)C2. The first-order valence-corrected chi connectivity index (χ1v) is 12.5. The van der Waals surface area contributed by atoms with Gasteiger partial charge in [-0.1, -0.05) is 20.8 Å². The molecule has 0 N–H and O–H groups in total. The van der Waals surface area contributed by atoms with Gasteiger partial charge >= 0.3 is 0 Å². The van der Waals surface area contributed by atoms with Crippen molar-refractivity contribution in [1.82, 2.24) is 14.4 Å². The smallest absolute Gasteiger partial charge is 0.242 e. The third kappa shape index (κ3) is 4.70. The molecule has 0 aromatic carbocycles. The molecular weight excluding hydrogens is 386 g/mol. The Morgan fingerprint density at radius 2 is 1.71 bits per heavy atom. The van der Waals surface area contributed by atoms with Gasteiger partial charge in [0.2, 0.25) is 11.8 Å². The van der Waals surface area contributed by atoms with Gasteiger partial charge in [0.25, 0.3) is 0 Å². The molecule has 1 aromatic rings. The summed E-state index contributed by atoms with van der Waals surface area (Å²) in [6.07, 6.45) is 10.1. The molecule has 4 fully saturated rings. The number of rotatable bonds is 9. The highest BCUT2D eigenvalue weighted by Crippen LogP contribution is 2.60. The number of carbonyl (C=O) groups excluding carboxylic acids is 2. The van der Waals surface area contributed by atoms with E-state index in [2.05, 4.69) is 31.4 Å². The molecule has 4 saturated carbocycles. The first-order valence-electron chi connectivity index (χ1n) is 12.5. The standard InChI is InChI=1S/C26H41N3O2/c1-5-8-28(25(31)26-13-20-10-21(14-26)12-22(11-20)15-26)18-24(30)29(16-19(2)3)17-23-7-6-9-27(23)4/h6-7,9,19-22H,5,8,10-18H2,1-4H3. The largest absolute Gasteiger partial charge is 0.353 e. The zero-order valence-corrected chi connectivity index (χ0v) is 20.0. The molecule has 4 aliphatic rings.